The van der Waals surface area contributed by atoms with E-state index in [1.165, 1.54) is 19.1 Å². The van der Waals surface area contributed by atoms with E-state index >= 15 is 0 Å². The number of carbonyl (C=O) groups excluding carboxylic acids is 1. The molecule has 2 aromatic carbocycles. The van der Waals surface area contributed by atoms with Crippen molar-refractivity contribution in [3.05, 3.63) is 68.7 Å². The minimum atomic E-state index is -1.09. The summed E-state index contributed by atoms with van der Waals surface area (Å²) in [5.74, 6) is -2.59. The molecule has 0 fully saturated rings. The van der Waals surface area contributed by atoms with Crippen molar-refractivity contribution in [2.75, 3.05) is 0 Å². The van der Waals surface area contributed by atoms with Gasteiger partial charge in [-0.3, -0.25) is 4.79 Å². The molecule has 2 aromatic rings. The Bertz CT molecular complexity index is 665. The third-order valence-corrected chi connectivity index (χ3v) is 3.89. The van der Waals surface area contributed by atoms with E-state index in [0.717, 1.165) is 4.47 Å². The van der Waals surface area contributed by atoms with Gasteiger partial charge in [0.2, 0.25) is 0 Å². The summed E-state index contributed by atoms with van der Waals surface area (Å²) in [6, 6.07) is 7.79. The van der Waals surface area contributed by atoms with E-state index in [0.29, 0.717) is 11.1 Å². The first-order valence-corrected chi connectivity index (χ1v) is 6.47. The summed E-state index contributed by atoms with van der Waals surface area (Å²) in [6.45, 7) is 3.21. The van der Waals surface area contributed by atoms with Gasteiger partial charge in [-0.1, -0.05) is 34.1 Å². The van der Waals surface area contributed by atoms with Crippen molar-refractivity contribution < 1.29 is 13.6 Å². The molecule has 0 saturated heterocycles. The van der Waals surface area contributed by atoms with Gasteiger partial charge in [-0.15, -0.1) is 0 Å². The normalized spacial score (nSPS) is 10.6. The second kappa shape index (κ2) is 5.21. The van der Waals surface area contributed by atoms with Crippen LogP contribution in [-0.2, 0) is 0 Å². The van der Waals surface area contributed by atoms with Gasteiger partial charge in [0.1, 0.15) is 0 Å². The first-order chi connectivity index (χ1) is 8.93. The monoisotopic (exact) mass is 324 g/mol. The second-order valence-corrected chi connectivity index (χ2v) is 5.15. The number of benzene rings is 2. The van der Waals surface area contributed by atoms with Crippen LogP contribution in [0.4, 0.5) is 8.78 Å². The van der Waals surface area contributed by atoms with Crippen LogP contribution in [-0.4, -0.2) is 5.78 Å². The van der Waals surface area contributed by atoms with Crippen molar-refractivity contribution >= 4 is 21.7 Å². The van der Waals surface area contributed by atoms with Crippen LogP contribution in [0.25, 0.3) is 0 Å². The van der Waals surface area contributed by atoms with Crippen molar-refractivity contribution in [1.82, 2.24) is 0 Å². The Morgan fingerprint density at radius 3 is 2.37 bits per heavy atom. The highest BCUT2D eigenvalue weighted by Crippen LogP contribution is 2.24. The zero-order valence-corrected chi connectivity index (χ0v) is 12.0. The highest BCUT2D eigenvalue weighted by Gasteiger charge is 2.20. The number of hydrogen-bond acceptors (Lipinski definition) is 1. The summed E-state index contributed by atoms with van der Waals surface area (Å²) in [6.07, 6.45) is 0. The fourth-order valence-electron chi connectivity index (χ4n) is 1.82. The van der Waals surface area contributed by atoms with Gasteiger partial charge in [0.15, 0.2) is 17.4 Å². The highest BCUT2D eigenvalue weighted by molar-refractivity contribution is 9.10. The van der Waals surface area contributed by atoms with Crippen LogP contribution >= 0.6 is 15.9 Å². The van der Waals surface area contributed by atoms with Crippen LogP contribution in [0.5, 0.6) is 0 Å². The Morgan fingerprint density at radius 2 is 1.68 bits per heavy atom. The topological polar surface area (TPSA) is 17.1 Å². The number of halogens is 3. The number of carbonyl (C=O) groups is 1. The largest absolute Gasteiger partial charge is 0.288 e. The molecule has 0 unspecified atom stereocenters. The average molecular weight is 325 g/mol. The molecule has 0 heterocycles. The first kappa shape index (κ1) is 13.9. The molecular weight excluding hydrogens is 314 g/mol. The predicted molar refractivity (Wildman–Crippen MR) is 73.4 cm³/mol. The maximum absolute atomic E-state index is 13.8. The van der Waals surface area contributed by atoms with Crippen molar-refractivity contribution in [3.8, 4) is 0 Å². The molecule has 0 aliphatic heterocycles. The molecule has 0 bridgehead atoms. The zero-order chi connectivity index (χ0) is 14.2. The maximum Gasteiger partial charge on any atom is 0.196 e. The molecule has 2 rings (SSSR count). The molecule has 0 aliphatic rings. The van der Waals surface area contributed by atoms with Gasteiger partial charge in [-0.25, -0.2) is 8.78 Å². The molecule has 0 amide bonds. The van der Waals surface area contributed by atoms with Gasteiger partial charge in [0.05, 0.1) is 5.56 Å². The summed E-state index contributed by atoms with van der Waals surface area (Å²) >= 11 is 3.31. The number of ketones is 1. The lowest BCUT2D eigenvalue weighted by atomic mass is 9.98. The molecule has 1 nitrogen and oxygen atoms in total. The van der Waals surface area contributed by atoms with Crippen LogP contribution in [0.3, 0.4) is 0 Å². The molecule has 0 radical (unpaired) electrons. The SMILES string of the molecule is Cc1ccc(C(=O)c2cccc(Br)c2C)c(F)c1F. The van der Waals surface area contributed by atoms with Gasteiger partial charge in [0, 0.05) is 10.0 Å². The van der Waals surface area contributed by atoms with Crippen LogP contribution in [0.2, 0.25) is 0 Å². The van der Waals surface area contributed by atoms with E-state index in [9.17, 15) is 13.6 Å². The van der Waals surface area contributed by atoms with Crippen LogP contribution in [0.1, 0.15) is 27.0 Å². The smallest absolute Gasteiger partial charge is 0.196 e. The van der Waals surface area contributed by atoms with Gasteiger partial charge in [0.25, 0.3) is 0 Å². The van der Waals surface area contributed by atoms with E-state index in [-0.39, 0.29) is 11.1 Å². The summed E-state index contributed by atoms with van der Waals surface area (Å²) < 4.78 is 28.1. The van der Waals surface area contributed by atoms with Gasteiger partial charge in [-0.05, 0) is 37.1 Å². The number of rotatable bonds is 2. The van der Waals surface area contributed by atoms with Crippen molar-refractivity contribution in [2.45, 2.75) is 13.8 Å². The standard InChI is InChI=1S/C15H11BrF2O/c1-8-6-7-11(14(18)13(8)17)15(19)10-4-3-5-12(16)9(10)2/h3-7H,1-2H3. The molecule has 4 heteroatoms. The van der Waals surface area contributed by atoms with E-state index in [1.54, 1.807) is 25.1 Å². The van der Waals surface area contributed by atoms with Crippen LogP contribution < -0.4 is 0 Å². The fourth-order valence-corrected chi connectivity index (χ4v) is 2.19. The average Bonchev–Trinajstić information content (AvgIpc) is 2.39. The van der Waals surface area contributed by atoms with Gasteiger partial charge < -0.3 is 0 Å². The molecule has 98 valence electrons. The first-order valence-electron chi connectivity index (χ1n) is 5.68. The third-order valence-electron chi connectivity index (χ3n) is 3.03. The second-order valence-electron chi connectivity index (χ2n) is 4.30. The lowest BCUT2D eigenvalue weighted by molar-refractivity contribution is 0.103. The van der Waals surface area contributed by atoms with E-state index in [2.05, 4.69) is 15.9 Å². The molecule has 0 aromatic heterocycles. The van der Waals surface area contributed by atoms with Crippen molar-refractivity contribution in [2.24, 2.45) is 0 Å². The van der Waals surface area contributed by atoms with E-state index in [4.69, 9.17) is 0 Å². The Labute approximate surface area is 118 Å². The Balaban J connectivity index is 2.57. The van der Waals surface area contributed by atoms with Crippen LogP contribution in [0, 0.1) is 25.5 Å². The molecule has 0 saturated carbocycles. The summed E-state index contributed by atoms with van der Waals surface area (Å²) in [4.78, 5) is 12.3. The van der Waals surface area contributed by atoms with Crippen LogP contribution in [0.15, 0.2) is 34.8 Å². The van der Waals surface area contributed by atoms with Gasteiger partial charge in [-0.2, -0.15) is 0 Å². The third kappa shape index (κ3) is 2.45. The zero-order valence-electron chi connectivity index (χ0n) is 10.4. The minimum absolute atomic E-state index is 0.181. The molecule has 0 aliphatic carbocycles. The number of hydrogen-bond donors (Lipinski definition) is 0. The fraction of sp³-hybridized carbons (Fsp3) is 0.133. The molecule has 19 heavy (non-hydrogen) atoms. The molecule has 0 atom stereocenters. The lowest BCUT2D eigenvalue weighted by Crippen LogP contribution is -2.08. The molecule has 0 N–H and O–H groups in total. The molecular formula is C15H11BrF2O. The summed E-state index contributed by atoms with van der Waals surface area (Å²) in [5.41, 5.74) is 0.994. The highest BCUT2D eigenvalue weighted by atomic mass is 79.9. The summed E-state index contributed by atoms with van der Waals surface area (Å²) in [7, 11) is 0. The van der Waals surface area contributed by atoms with Crippen molar-refractivity contribution in [1.29, 1.82) is 0 Å². The Morgan fingerprint density at radius 1 is 1.00 bits per heavy atom. The summed E-state index contributed by atoms with van der Waals surface area (Å²) in [5, 5.41) is 0. The lowest BCUT2D eigenvalue weighted by Gasteiger charge is -2.08. The maximum atomic E-state index is 13.8. The number of aryl methyl sites for hydroxylation is 1. The predicted octanol–water partition coefficient (Wildman–Crippen LogP) is 4.58. The van der Waals surface area contributed by atoms with E-state index < -0.39 is 17.4 Å². The Hall–Kier alpha value is -1.55. The quantitative estimate of drug-likeness (QED) is 0.739. The van der Waals surface area contributed by atoms with Crippen molar-refractivity contribution in [3.63, 3.8) is 0 Å². The Kier molecular flexibility index (Phi) is 3.80. The molecule has 0 spiro atoms. The minimum Gasteiger partial charge on any atom is -0.288 e. The van der Waals surface area contributed by atoms with E-state index in [1.807, 2.05) is 0 Å². The van der Waals surface area contributed by atoms with Gasteiger partial charge >= 0.3 is 0 Å².